The van der Waals surface area contributed by atoms with Crippen LogP contribution in [0.3, 0.4) is 0 Å². The maximum Gasteiger partial charge on any atom is 0.326 e. The Morgan fingerprint density at radius 3 is 2.30 bits per heavy atom. The lowest BCUT2D eigenvalue weighted by atomic mass is 10.0. The molecule has 0 bridgehead atoms. The van der Waals surface area contributed by atoms with Crippen molar-refractivity contribution in [2.24, 2.45) is 0 Å². The van der Waals surface area contributed by atoms with Crippen LogP contribution in [0.4, 0.5) is 5.82 Å². The van der Waals surface area contributed by atoms with E-state index in [-0.39, 0.29) is 23.5 Å². The number of carboxylic acids is 1. The van der Waals surface area contributed by atoms with Crippen LogP contribution in [0.2, 0.25) is 0 Å². The predicted octanol–water partition coefficient (Wildman–Crippen LogP) is 3.02. The number of aliphatic carboxylic acids is 1. The van der Waals surface area contributed by atoms with Crippen molar-refractivity contribution in [2.45, 2.75) is 68.8 Å². The lowest BCUT2D eigenvalue weighted by Crippen LogP contribution is -2.54. The highest BCUT2D eigenvalue weighted by molar-refractivity contribution is 7.89. The number of rotatable bonds is 14. The molecule has 0 aliphatic carbocycles. The number of carbonyl (C=O) groups is 3. The van der Waals surface area contributed by atoms with Gasteiger partial charge in [0, 0.05) is 32.0 Å². The predicted molar refractivity (Wildman–Crippen MR) is 160 cm³/mol. The number of aromatic nitrogens is 1. The van der Waals surface area contributed by atoms with Gasteiger partial charge in [-0.2, -0.15) is 4.31 Å². The lowest BCUT2D eigenvalue weighted by Gasteiger charge is -2.27. The van der Waals surface area contributed by atoms with E-state index in [4.69, 9.17) is 4.74 Å². The van der Waals surface area contributed by atoms with E-state index in [9.17, 15) is 27.9 Å². The van der Waals surface area contributed by atoms with Gasteiger partial charge >= 0.3 is 5.97 Å². The Morgan fingerprint density at radius 1 is 0.977 bits per heavy atom. The number of nitrogens with one attached hydrogen (secondary N) is 2. The number of hydrogen-bond donors (Lipinski definition) is 3. The minimum Gasteiger partial charge on any atom is -0.480 e. The van der Waals surface area contributed by atoms with Crippen molar-refractivity contribution in [1.82, 2.24) is 14.6 Å². The van der Waals surface area contributed by atoms with Gasteiger partial charge in [0.15, 0.2) is 0 Å². The number of ketones is 1. The van der Waals surface area contributed by atoms with Gasteiger partial charge in [0.05, 0.1) is 11.0 Å². The molecule has 3 aromatic rings. The summed E-state index contributed by atoms with van der Waals surface area (Å²) in [5, 5.41) is 15.5. The zero-order chi connectivity index (χ0) is 31.0. The average Bonchev–Trinajstić information content (AvgIpc) is 3.31. The number of pyridine rings is 1. The second kappa shape index (κ2) is 14.4. The van der Waals surface area contributed by atoms with E-state index in [1.165, 1.54) is 19.1 Å². The topological polar surface area (TPSA) is 155 Å². The van der Waals surface area contributed by atoms with Crippen LogP contribution in [-0.2, 0) is 42.0 Å². The summed E-state index contributed by atoms with van der Waals surface area (Å²) in [6.45, 7) is 3.74. The lowest BCUT2D eigenvalue weighted by molar-refractivity contribution is -0.142. The molecule has 4 atom stereocenters. The van der Waals surface area contributed by atoms with Gasteiger partial charge in [0.1, 0.15) is 29.9 Å². The molecular weight excluding hydrogens is 572 g/mol. The summed E-state index contributed by atoms with van der Waals surface area (Å²) in [7, 11) is -4.10. The SMILES string of the molecule is CC1OC(C)N(S(=O)(=O)c2ccccc2)[C@@H]1C(=O)N[C@@H](Cc1ccc(CC(=O)CCCNc2ccccn2)cc1)C(=O)O. The summed E-state index contributed by atoms with van der Waals surface area (Å²) in [5.41, 5.74) is 1.44. The van der Waals surface area contributed by atoms with E-state index in [2.05, 4.69) is 15.6 Å². The Hall–Kier alpha value is -4.13. The number of hydrogen-bond acceptors (Lipinski definition) is 8. The Morgan fingerprint density at radius 2 is 1.65 bits per heavy atom. The summed E-state index contributed by atoms with van der Waals surface area (Å²) in [6.07, 6.45) is 1.28. The molecule has 43 heavy (non-hydrogen) atoms. The van der Waals surface area contributed by atoms with E-state index >= 15 is 0 Å². The largest absolute Gasteiger partial charge is 0.480 e. The normalized spacial score (nSPS) is 19.4. The Labute approximate surface area is 251 Å². The molecule has 4 rings (SSSR count). The number of carboxylic acid groups (broad SMARTS) is 1. The van der Waals surface area contributed by atoms with Crippen molar-refractivity contribution in [3.63, 3.8) is 0 Å². The van der Waals surface area contributed by atoms with Crippen molar-refractivity contribution in [2.75, 3.05) is 11.9 Å². The van der Waals surface area contributed by atoms with Crippen LogP contribution in [0.15, 0.2) is 83.9 Å². The first-order valence-electron chi connectivity index (χ1n) is 14.1. The third kappa shape index (κ3) is 8.25. The number of Topliss-reactive ketones (excluding diaryl/α,β-unsaturated/α-hetero) is 1. The number of carbonyl (C=O) groups excluding carboxylic acids is 2. The van der Waals surface area contributed by atoms with Gasteiger partial charge in [0.25, 0.3) is 0 Å². The van der Waals surface area contributed by atoms with E-state index in [1.807, 2.05) is 18.2 Å². The summed E-state index contributed by atoms with van der Waals surface area (Å²) in [5.74, 6) is -1.17. The number of amides is 1. The first kappa shape index (κ1) is 31.8. The second-order valence-corrected chi connectivity index (χ2v) is 12.3. The van der Waals surface area contributed by atoms with Gasteiger partial charge < -0.3 is 20.5 Å². The van der Waals surface area contributed by atoms with Gasteiger partial charge in [-0.1, -0.05) is 48.5 Å². The third-order valence-electron chi connectivity index (χ3n) is 7.16. The summed E-state index contributed by atoms with van der Waals surface area (Å²) in [4.78, 5) is 42.1. The van der Waals surface area contributed by atoms with Crippen LogP contribution in [0, 0.1) is 0 Å². The minimum atomic E-state index is -4.10. The molecule has 1 amide bonds. The summed E-state index contributed by atoms with van der Waals surface area (Å²) < 4.78 is 33.4. The van der Waals surface area contributed by atoms with E-state index in [1.54, 1.807) is 55.6 Å². The van der Waals surface area contributed by atoms with E-state index < -0.39 is 46.3 Å². The molecule has 1 saturated heterocycles. The zero-order valence-corrected chi connectivity index (χ0v) is 24.9. The van der Waals surface area contributed by atoms with Crippen molar-refractivity contribution >= 4 is 33.5 Å². The maximum absolute atomic E-state index is 13.4. The van der Waals surface area contributed by atoms with Crippen LogP contribution in [0.1, 0.15) is 37.8 Å². The monoisotopic (exact) mass is 608 g/mol. The minimum absolute atomic E-state index is 0.00635. The molecule has 1 aliphatic heterocycles. The fourth-order valence-corrected chi connectivity index (χ4v) is 6.79. The molecule has 1 aromatic heterocycles. The first-order valence-corrected chi connectivity index (χ1v) is 15.5. The second-order valence-electron chi connectivity index (χ2n) is 10.4. The highest BCUT2D eigenvalue weighted by Crippen LogP contribution is 2.30. The Kier molecular flexibility index (Phi) is 10.6. The summed E-state index contributed by atoms with van der Waals surface area (Å²) in [6, 6.07) is 17.7. The van der Waals surface area contributed by atoms with Gasteiger partial charge in [-0.25, -0.2) is 18.2 Å². The van der Waals surface area contributed by atoms with Crippen molar-refractivity contribution in [1.29, 1.82) is 0 Å². The molecule has 0 saturated carbocycles. The molecule has 1 aliphatic rings. The van der Waals surface area contributed by atoms with E-state index in [0.29, 0.717) is 24.9 Å². The van der Waals surface area contributed by atoms with Gasteiger partial charge in [-0.15, -0.1) is 0 Å². The number of ether oxygens (including phenoxy) is 1. The smallest absolute Gasteiger partial charge is 0.326 e. The fraction of sp³-hybridized carbons (Fsp3) is 0.355. The Bertz CT molecular complexity index is 1500. The summed E-state index contributed by atoms with van der Waals surface area (Å²) >= 11 is 0. The molecule has 0 radical (unpaired) electrons. The van der Waals surface area contributed by atoms with Gasteiger partial charge in [-0.3, -0.25) is 9.59 Å². The molecular formula is C31H36N4O7S. The van der Waals surface area contributed by atoms with Crippen LogP contribution in [-0.4, -0.2) is 71.4 Å². The quantitative estimate of drug-likeness (QED) is 0.234. The molecule has 11 nitrogen and oxygen atoms in total. The molecule has 0 spiro atoms. The fourth-order valence-electron chi connectivity index (χ4n) is 5.04. The third-order valence-corrected chi connectivity index (χ3v) is 9.11. The van der Waals surface area contributed by atoms with Crippen LogP contribution >= 0.6 is 0 Å². The maximum atomic E-state index is 13.4. The molecule has 3 N–H and O–H groups in total. The highest BCUT2D eigenvalue weighted by Gasteiger charge is 2.49. The zero-order valence-electron chi connectivity index (χ0n) is 24.0. The standard InChI is InChI=1S/C31H36N4O7S/c1-21-29(35(22(2)42-21)43(40,41)26-10-4-3-5-11-26)30(37)34-27(31(38)39)20-24-15-13-23(14-16-24)19-25(36)9-8-18-33-28-12-6-7-17-32-28/h3-7,10-17,21-22,27,29H,8-9,18-20H2,1-2H3,(H,32,33)(H,34,37)(H,38,39)/t21?,22?,27-,29-/m0/s1. The molecule has 12 heteroatoms. The highest BCUT2D eigenvalue weighted by atomic mass is 32.2. The molecule has 228 valence electrons. The van der Waals surface area contributed by atoms with Crippen molar-refractivity contribution < 1.29 is 32.6 Å². The van der Waals surface area contributed by atoms with Crippen molar-refractivity contribution in [3.8, 4) is 0 Å². The Balaban J connectivity index is 1.34. The van der Waals surface area contributed by atoms with Crippen molar-refractivity contribution in [3.05, 3.63) is 90.1 Å². The number of nitrogens with zero attached hydrogens (tertiary/aromatic N) is 2. The molecule has 2 aromatic carbocycles. The van der Waals surface area contributed by atoms with Gasteiger partial charge in [0.2, 0.25) is 15.9 Å². The average molecular weight is 609 g/mol. The van der Waals surface area contributed by atoms with Crippen LogP contribution in [0.25, 0.3) is 0 Å². The van der Waals surface area contributed by atoms with Crippen LogP contribution < -0.4 is 10.6 Å². The first-order chi connectivity index (χ1) is 20.6. The molecule has 2 unspecified atom stereocenters. The number of anilines is 1. The van der Waals surface area contributed by atoms with Crippen LogP contribution in [0.5, 0.6) is 0 Å². The molecule has 2 heterocycles. The number of benzene rings is 2. The molecule has 1 fully saturated rings. The van der Waals surface area contributed by atoms with E-state index in [0.717, 1.165) is 15.7 Å². The number of sulfonamides is 1. The van der Waals surface area contributed by atoms with Gasteiger partial charge in [-0.05, 0) is 55.7 Å².